The van der Waals surface area contributed by atoms with Gasteiger partial charge in [0.2, 0.25) is 0 Å². The van der Waals surface area contributed by atoms with Crippen LogP contribution in [0.15, 0.2) is 0 Å². The van der Waals surface area contributed by atoms with Crippen LogP contribution in [0.25, 0.3) is 0 Å². The number of hydrogen-bond acceptors (Lipinski definition) is 0. The first-order chi connectivity index (χ1) is 0. The quantitative estimate of drug-likeness (QED) is 0.344. The van der Waals surface area contributed by atoms with Crippen LogP contribution in [0.1, 0.15) is 0 Å². The van der Waals surface area contributed by atoms with Crippen molar-refractivity contribution in [3.63, 3.8) is 0 Å². The van der Waals surface area contributed by atoms with E-state index >= 15 is 0 Å². The summed E-state index contributed by atoms with van der Waals surface area (Å²) in [4.78, 5) is 0. The van der Waals surface area contributed by atoms with Gasteiger partial charge in [-0.3, -0.25) is 0 Å². The normalized spacial score (nSPS) is 0. The fourth-order valence-corrected chi connectivity index (χ4v) is 0. The van der Waals surface area contributed by atoms with Gasteiger partial charge in [0, 0.05) is 16.5 Å². The summed E-state index contributed by atoms with van der Waals surface area (Å²) in [6.07, 6.45) is 0. The monoisotopic (exact) mass is 220 g/mol. The molecule has 0 aliphatic heterocycles. The fraction of sp³-hybridized carbons (Fsp3) is 0. The van der Waals surface area contributed by atoms with Crippen LogP contribution in [-0.2, 0) is 16.5 Å². The molecule has 0 aromatic carbocycles. The van der Waals surface area contributed by atoms with Crippen molar-refractivity contribution in [3.8, 4) is 0 Å². The second-order valence-electron chi connectivity index (χ2n) is 0. The average molecular weight is 221 g/mol. The Balaban J connectivity index is 0. The Morgan fingerprint density at radius 1 is 0.200 bits per heavy atom. The van der Waals surface area contributed by atoms with Crippen LogP contribution in [0.4, 0.5) is 0 Å². The Kier molecular flexibility index (Phi) is 161000000. The van der Waals surface area contributed by atoms with E-state index in [1.807, 2.05) is 0 Å². The molecule has 10 heteroatoms. The van der Waals surface area contributed by atoms with E-state index in [0.717, 1.165) is 0 Å². The molecule has 0 radical (unpaired) electrons. The van der Waals surface area contributed by atoms with Gasteiger partial charge < -0.3 is 49.3 Å². The van der Waals surface area contributed by atoms with Crippen molar-refractivity contribution in [2.75, 3.05) is 0 Å². The maximum absolute atomic E-state index is 0. The summed E-state index contributed by atoms with van der Waals surface area (Å²) < 4.78 is 0. The molecular formula is H18NiO9. The van der Waals surface area contributed by atoms with Crippen molar-refractivity contribution >= 4 is 0 Å². The minimum absolute atomic E-state index is 0. The molecule has 0 bridgehead atoms. The molecule has 0 aliphatic carbocycles. The average Bonchev–Trinajstić information content (AvgIpc) is 0. The molecule has 0 saturated heterocycles. The van der Waals surface area contributed by atoms with E-state index in [2.05, 4.69) is 0 Å². The fourth-order valence-electron chi connectivity index (χ4n) is 0. The molecule has 0 saturated carbocycles. The van der Waals surface area contributed by atoms with E-state index in [4.69, 9.17) is 0 Å². The zero-order valence-electron chi connectivity index (χ0n) is 4.82. The van der Waals surface area contributed by atoms with Gasteiger partial charge in [0.05, 0.1) is 0 Å². The minimum atomic E-state index is 0. The molecule has 0 aromatic heterocycles. The maximum atomic E-state index is 0. The molecular weight excluding hydrogens is 203 g/mol. The second-order valence-corrected chi connectivity index (χ2v) is 0. The minimum Gasteiger partial charge on any atom is -0.412 e. The van der Waals surface area contributed by atoms with Crippen LogP contribution < -0.4 is 0 Å². The van der Waals surface area contributed by atoms with Gasteiger partial charge in [-0.05, 0) is 0 Å². The van der Waals surface area contributed by atoms with Crippen molar-refractivity contribution in [1.82, 2.24) is 0 Å². The second kappa shape index (κ2) is 33900. The predicted molar refractivity (Wildman–Crippen MR) is 32.5 cm³/mol. The van der Waals surface area contributed by atoms with Crippen LogP contribution in [0.2, 0.25) is 0 Å². The third-order valence-electron chi connectivity index (χ3n) is 0. The third-order valence-corrected chi connectivity index (χ3v) is 0. The molecule has 0 rings (SSSR count). The number of rotatable bonds is 0. The molecule has 0 atom stereocenters. The van der Waals surface area contributed by atoms with E-state index in [-0.39, 0.29) is 65.8 Å². The SMILES string of the molecule is O.O.O.O.O.O.O.O.O.[Ni]. The van der Waals surface area contributed by atoms with Gasteiger partial charge in [-0.15, -0.1) is 0 Å². The van der Waals surface area contributed by atoms with Crippen molar-refractivity contribution in [2.24, 2.45) is 0 Å². The summed E-state index contributed by atoms with van der Waals surface area (Å²) in [5, 5.41) is 0. The van der Waals surface area contributed by atoms with Crippen molar-refractivity contribution < 1.29 is 65.8 Å². The van der Waals surface area contributed by atoms with E-state index in [9.17, 15) is 0 Å². The van der Waals surface area contributed by atoms with Gasteiger partial charge >= 0.3 is 0 Å². The summed E-state index contributed by atoms with van der Waals surface area (Å²) >= 11 is 0. The summed E-state index contributed by atoms with van der Waals surface area (Å²) in [7, 11) is 0. The molecule has 0 aliphatic rings. The Morgan fingerprint density at radius 3 is 0.200 bits per heavy atom. The molecule has 0 spiro atoms. The van der Waals surface area contributed by atoms with Crippen molar-refractivity contribution in [3.05, 3.63) is 0 Å². The molecule has 0 aromatic rings. The van der Waals surface area contributed by atoms with Crippen LogP contribution >= 0.6 is 0 Å². The van der Waals surface area contributed by atoms with Crippen LogP contribution in [0.3, 0.4) is 0 Å². The molecule has 10 heavy (non-hydrogen) atoms. The van der Waals surface area contributed by atoms with Crippen molar-refractivity contribution in [1.29, 1.82) is 0 Å². The molecule has 0 heterocycles. The van der Waals surface area contributed by atoms with E-state index in [1.165, 1.54) is 0 Å². The Labute approximate surface area is 66.7 Å². The van der Waals surface area contributed by atoms with Crippen LogP contribution in [0, 0.1) is 0 Å². The zero-order chi connectivity index (χ0) is 0. The zero-order valence-corrected chi connectivity index (χ0v) is 5.80. The van der Waals surface area contributed by atoms with E-state index in [0.29, 0.717) is 0 Å². The van der Waals surface area contributed by atoms with Gasteiger partial charge in [0.1, 0.15) is 0 Å². The van der Waals surface area contributed by atoms with Crippen LogP contribution in [-0.4, -0.2) is 49.3 Å². The number of hydrogen-bond donors (Lipinski definition) is 0. The molecule has 9 nitrogen and oxygen atoms in total. The topological polar surface area (TPSA) is 284 Å². The largest absolute Gasteiger partial charge is 0.412 e. The van der Waals surface area contributed by atoms with E-state index in [1.54, 1.807) is 0 Å². The Morgan fingerprint density at radius 2 is 0.200 bits per heavy atom. The summed E-state index contributed by atoms with van der Waals surface area (Å²) in [6.45, 7) is 0. The Bertz CT molecular complexity index is 4.69. The van der Waals surface area contributed by atoms with Gasteiger partial charge in [0.25, 0.3) is 0 Å². The third kappa shape index (κ3) is 23200. The van der Waals surface area contributed by atoms with Crippen molar-refractivity contribution in [2.45, 2.75) is 0 Å². The molecule has 0 amide bonds. The van der Waals surface area contributed by atoms with Crippen LogP contribution in [0.5, 0.6) is 0 Å². The molecule has 82 valence electrons. The summed E-state index contributed by atoms with van der Waals surface area (Å²) in [6, 6.07) is 0. The molecule has 0 unspecified atom stereocenters. The first-order valence-electron chi connectivity index (χ1n) is 0. The molecule has 18 N–H and O–H groups in total. The van der Waals surface area contributed by atoms with Gasteiger partial charge in [0.15, 0.2) is 0 Å². The van der Waals surface area contributed by atoms with Gasteiger partial charge in [-0.2, -0.15) is 0 Å². The maximum Gasteiger partial charge on any atom is 0 e. The Hall–Kier alpha value is 0.134. The molecule has 0 fully saturated rings. The predicted octanol–water partition coefficient (Wildman–Crippen LogP) is -7.42. The van der Waals surface area contributed by atoms with Gasteiger partial charge in [-0.1, -0.05) is 0 Å². The first kappa shape index (κ1) is 47400. The van der Waals surface area contributed by atoms with E-state index < -0.39 is 0 Å². The van der Waals surface area contributed by atoms with Gasteiger partial charge in [-0.25, -0.2) is 0 Å². The standard InChI is InChI=1S/Ni.9H2O/h;9*1H2. The smallest absolute Gasteiger partial charge is 0 e. The summed E-state index contributed by atoms with van der Waals surface area (Å²) in [5.74, 6) is 0. The first-order valence-corrected chi connectivity index (χ1v) is 0. The summed E-state index contributed by atoms with van der Waals surface area (Å²) in [5.41, 5.74) is 0.